The van der Waals surface area contributed by atoms with Crippen molar-refractivity contribution in [3.05, 3.63) is 181 Å². The van der Waals surface area contributed by atoms with Crippen LogP contribution in [0.1, 0.15) is 5.56 Å². The van der Waals surface area contributed by atoms with Gasteiger partial charge in [-0.15, -0.1) is 0 Å². The first-order chi connectivity index (χ1) is 23.2. The molecule has 0 amide bonds. The highest BCUT2D eigenvalue weighted by molar-refractivity contribution is 6.22. The summed E-state index contributed by atoms with van der Waals surface area (Å²) in [5.41, 5.74) is 11.3. The van der Waals surface area contributed by atoms with Gasteiger partial charge in [-0.1, -0.05) is 158 Å². The van der Waals surface area contributed by atoms with Gasteiger partial charge >= 0.3 is 0 Å². The van der Waals surface area contributed by atoms with Gasteiger partial charge in [0.1, 0.15) is 0 Å². The molecule has 0 aromatic heterocycles. The molecule has 0 aliphatic heterocycles. The molecule has 0 unspecified atom stereocenters. The monoisotopic (exact) mass is 596 g/mol. The van der Waals surface area contributed by atoms with Crippen molar-refractivity contribution < 1.29 is 0 Å². The predicted molar refractivity (Wildman–Crippen MR) is 203 cm³/mol. The van der Waals surface area contributed by atoms with Crippen LogP contribution >= 0.6 is 0 Å². The van der Waals surface area contributed by atoms with E-state index < -0.39 is 0 Å². The van der Waals surface area contributed by atoms with Crippen LogP contribution in [0.3, 0.4) is 0 Å². The molecule has 9 rings (SSSR count). The van der Waals surface area contributed by atoms with Gasteiger partial charge in [-0.2, -0.15) is 0 Å². The number of rotatable bonds is 4. The summed E-state index contributed by atoms with van der Waals surface area (Å²) in [4.78, 5) is 0. The van der Waals surface area contributed by atoms with Gasteiger partial charge in [-0.3, -0.25) is 0 Å². The minimum atomic E-state index is 1.23. The highest BCUT2D eigenvalue weighted by Gasteiger charge is 2.18. The Morgan fingerprint density at radius 1 is 0.277 bits per heavy atom. The third-order valence-corrected chi connectivity index (χ3v) is 9.77. The summed E-state index contributed by atoms with van der Waals surface area (Å²) in [7, 11) is 0. The molecule has 0 spiro atoms. The fourth-order valence-corrected chi connectivity index (χ4v) is 7.50. The van der Waals surface area contributed by atoms with E-state index in [1.807, 2.05) is 0 Å². The van der Waals surface area contributed by atoms with Gasteiger partial charge in [-0.25, -0.2) is 0 Å². The Bertz CT molecular complexity index is 2580. The van der Waals surface area contributed by atoms with Crippen molar-refractivity contribution in [2.24, 2.45) is 0 Å². The second-order valence-electron chi connectivity index (χ2n) is 12.5. The first kappa shape index (κ1) is 27.3. The van der Waals surface area contributed by atoms with Crippen molar-refractivity contribution >= 4 is 43.1 Å². The lowest BCUT2D eigenvalue weighted by molar-refractivity contribution is 1.47. The van der Waals surface area contributed by atoms with Crippen LogP contribution in [0.15, 0.2) is 176 Å². The molecular weight excluding hydrogens is 565 g/mol. The summed E-state index contributed by atoms with van der Waals surface area (Å²) in [5.74, 6) is 0. The Hall–Kier alpha value is -5.98. The molecule has 0 aliphatic carbocycles. The van der Waals surface area contributed by atoms with Gasteiger partial charge in [0.25, 0.3) is 0 Å². The van der Waals surface area contributed by atoms with Crippen LogP contribution in [-0.2, 0) is 0 Å². The van der Waals surface area contributed by atoms with E-state index in [0.29, 0.717) is 0 Å². The van der Waals surface area contributed by atoms with Crippen molar-refractivity contribution in [3.63, 3.8) is 0 Å². The number of hydrogen-bond acceptors (Lipinski definition) is 0. The molecule has 47 heavy (non-hydrogen) atoms. The van der Waals surface area contributed by atoms with E-state index in [9.17, 15) is 0 Å². The molecule has 0 heterocycles. The minimum Gasteiger partial charge on any atom is -0.0620 e. The molecule has 0 saturated carbocycles. The summed E-state index contributed by atoms with van der Waals surface area (Å²) in [6.07, 6.45) is 0. The molecule has 0 bridgehead atoms. The molecule has 0 aliphatic rings. The van der Waals surface area contributed by atoms with Crippen molar-refractivity contribution in [3.8, 4) is 44.5 Å². The van der Waals surface area contributed by atoms with Crippen molar-refractivity contribution in [2.45, 2.75) is 6.92 Å². The van der Waals surface area contributed by atoms with Crippen molar-refractivity contribution in [2.75, 3.05) is 0 Å². The van der Waals surface area contributed by atoms with E-state index >= 15 is 0 Å². The highest BCUT2D eigenvalue weighted by Crippen LogP contribution is 2.45. The quantitative estimate of drug-likeness (QED) is 0.177. The summed E-state index contributed by atoms with van der Waals surface area (Å²) in [5, 5.41) is 10.2. The maximum absolute atomic E-state index is 2.41. The van der Waals surface area contributed by atoms with Crippen LogP contribution in [0, 0.1) is 6.92 Å². The van der Waals surface area contributed by atoms with Crippen LogP contribution in [-0.4, -0.2) is 0 Å². The zero-order valence-electron chi connectivity index (χ0n) is 26.2. The van der Waals surface area contributed by atoms with E-state index in [1.165, 1.54) is 93.2 Å². The van der Waals surface area contributed by atoms with Crippen LogP contribution in [0.5, 0.6) is 0 Å². The van der Waals surface area contributed by atoms with E-state index in [4.69, 9.17) is 0 Å². The second-order valence-corrected chi connectivity index (χ2v) is 12.5. The average molecular weight is 597 g/mol. The summed E-state index contributed by atoms with van der Waals surface area (Å²) < 4.78 is 0. The Labute approximate surface area is 275 Å². The third-order valence-electron chi connectivity index (χ3n) is 9.77. The standard InChI is InChI=1S/C47H32/c1-31-12-2-5-18-39(31)47-43-21-8-6-19-41(43)46(42-20-7-9-22-44(42)47)38-27-25-33-15-11-23-40(45(33)30-38)37-17-10-16-35(29-37)36-26-24-32-13-3-4-14-34(32)28-36/h2-30H,1H3. The predicted octanol–water partition coefficient (Wildman–Crippen LogP) is 13.3. The molecule has 9 aromatic carbocycles. The smallest absolute Gasteiger partial charge is 0.00237 e. The highest BCUT2D eigenvalue weighted by atomic mass is 14.2. The topological polar surface area (TPSA) is 0 Å². The normalized spacial score (nSPS) is 11.5. The van der Waals surface area contributed by atoms with Gasteiger partial charge < -0.3 is 0 Å². The zero-order valence-corrected chi connectivity index (χ0v) is 26.2. The Morgan fingerprint density at radius 3 is 1.57 bits per heavy atom. The maximum Gasteiger partial charge on any atom is -0.00237 e. The zero-order chi connectivity index (χ0) is 31.3. The van der Waals surface area contributed by atoms with Gasteiger partial charge in [-0.05, 0) is 118 Å². The number of benzene rings is 9. The number of hydrogen-bond donors (Lipinski definition) is 0. The first-order valence-corrected chi connectivity index (χ1v) is 16.4. The molecule has 0 N–H and O–H groups in total. The fraction of sp³-hybridized carbons (Fsp3) is 0.0213. The van der Waals surface area contributed by atoms with Gasteiger partial charge in [0.15, 0.2) is 0 Å². The number of fused-ring (bicyclic) bond motifs is 4. The molecule has 0 atom stereocenters. The molecule has 0 radical (unpaired) electrons. The SMILES string of the molecule is Cc1ccccc1-c1c2ccccc2c(-c2ccc3cccc(-c4cccc(-c5ccc6ccccc6c5)c4)c3c2)c2ccccc12. The van der Waals surface area contributed by atoms with Crippen LogP contribution < -0.4 is 0 Å². The lowest BCUT2D eigenvalue weighted by atomic mass is 9.84. The third kappa shape index (κ3) is 4.61. The van der Waals surface area contributed by atoms with Crippen molar-refractivity contribution in [1.82, 2.24) is 0 Å². The Morgan fingerprint density at radius 2 is 0.809 bits per heavy atom. The second kappa shape index (κ2) is 11.1. The molecular formula is C47H32. The lowest BCUT2D eigenvalue weighted by Crippen LogP contribution is -1.92. The average Bonchev–Trinajstić information content (AvgIpc) is 3.13. The molecule has 9 aromatic rings. The summed E-state index contributed by atoms with van der Waals surface area (Å²) in [6, 6.07) is 64.6. The molecule has 220 valence electrons. The van der Waals surface area contributed by atoms with E-state index in [2.05, 4.69) is 183 Å². The van der Waals surface area contributed by atoms with Crippen molar-refractivity contribution in [1.29, 1.82) is 0 Å². The largest absolute Gasteiger partial charge is 0.0620 e. The molecule has 0 fully saturated rings. The minimum absolute atomic E-state index is 1.23. The van der Waals surface area contributed by atoms with Crippen LogP contribution in [0.25, 0.3) is 87.6 Å². The van der Waals surface area contributed by atoms with Gasteiger partial charge in [0.2, 0.25) is 0 Å². The summed E-state index contributed by atoms with van der Waals surface area (Å²) >= 11 is 0. The maximum atomic E-state index is 2.41. The van der Waals surface area contributed by atoms with E-state index in [0.717, 1.165) is 0 Å². The molecule has 0 nitrogen and oxygen atoms in total. The summed E-state index contributed by atoms with van der Waals surface area (Å²) in [6.45, 7) is 2.21. The fourth-order valence-electron chi connectivity index (χ4n) is 7.50. The molecule has 0 saturated heterocycles. The van der Waals surface area contributed by atoms with Gasteiger partial charge in [0, 0.05) is 0 Å². The van der Waals surface area contributed by atoms with Crippen LogP contribution in [0.2, 0.25) is 0 Å². The van der Waals surface area contributed by atoms with E-state index in [-0.39, 0.29) is 0 Å². The molecule has 0 heteroatoms. The number of aryl methyl sites for hydroxylation is 1. The first-order valence-electron chi connectivity index (χ1n) is 16.4. The van der Waals surface area contributed by atoms with E-state index in [1.54, 1.807) is 0 Å². The van der Waals surface area contributed by atoms with Crippen LogP contribution in [0.4, 0.5) is 0 Å². The Kier molecular flexibility index (Phi) is 6.47. The lowest BCUT2D eigenvalue weighted by Gasteiger charge is -2.19. The van der Waals surface area contributed by atoms with Gasteiger partial charge in [0.05, 0.1) is 0 Å². The Balaban J connectivity index is 1.26.